The number of rotatable bonds is 3. The van der Waals surface area contributed by atoms with Crippen LogP contribution < -0.4 is 10.6 Å². The number of anilines is 3. The largest absolute Gasteiger partial charge is 0.398 e. The van der Waals surface area contributed by atoms with Gasteiger partial charge in [-0.05, 0) is 71.7 Å². The first-order chi connectivity index (χ1) is 9.02. The summed E-state index contributed by atoms with van der Waals surface area (Å²) < 4.78 is 13.9. The summed E-state index contributed by atoms with van der Waals surface area (Å²) in [5.74, 6) is -0.229. The Morgan fingerprint density at radius 1 is 1.21 bits per heavy atom. The Balaban J connectivity index is 2.47. The minimum atomic E-state index is -0.229. The fourth-order valence-corrected chi connectivity index (χ4v) is 2.58. The van der Waals surface area contributed by atoms with Gasteiger partial charge in [0.1, 0.15) is 5.82 Å². The molecule has 0 heterocycles. The first kappa shape index (κ1) is 13.9. The first-order valence-electron chi connectivity index (χ1n) is 6.11. The van der Waals surface area contributed by atoms with Crippen LogP contribution >= 0.6 is 15.9 Å². The van der Waals surface area contributed by atoms with E-state index in [1.54, 1.807) is 12.1 Å². The SMILES string of the molecule is CCN(c1ccc(F)cc1)c1cc(C)c(N)cc1Br. The van der Waals surface area contributed by atoms with Crippen LogP contribution in [-0.4, -0.2) is 6.54 Å². The van der Waals surface area contributed by atoms with Gasteiger partial charge in [0, 0.05) is 22.4 Å². The number of aryl methyl sites for hydroxylation is 1. The molecule has 19 heavy (non-hydrogen) atoms. The van der Waals surface area contributed by atoms with Crippen LogP contribution in [0.5, 0.6) is 0 Å². The second-order valence-electron chi connectivity index (χ2n) is 4.38. The monoisotopic (exact) mass is 322 g/mol. The number of nitrogens with zero attached hydrogens (tertiary/aromatic N) is 1. The molecule has 0 radical (unpaired) electrons. The maximum Gasteiger partial charge on any atom is 0.123 e. The first-order valence-corrected chi connectivity index (χ1v) is 6.91. The summed E-state index contributed by atoms with van der Waals surface area (Å²) >= 11 is 3.54. The molecular weight excluding hydrogens is 307 g/mol. The third kappa shape index (κ3) is 2.89. The van der Waals surface area contributed by atoms with E-state index in [0.717, 1.165) is 33.6 Å². The molecule has 0 fully saturated rings. The maximum atomic E-state index is 13.0. The molecule has 0 bridgehead atoms. The second kappa shape index (κ2) is 5.61. The molecule has 0 aliphatic carbocycles. The number of nitrogen functional groups attached to an aromatic ring is 1. The van der Waals surface area contributed by atoms with E-state index < -0.39 is 0 Å². The molecule has 2 aromatic rings. The molecule has 4 heteroatoms. The van der Waals surface area contributed by atoms with Gasteiger partial charge < -0.3 is 10.6 Å². The smallest absolute Gasteiger partial charge is 0.123 e. The number of nitrogens with two attached hydrogens (primary N) is 1. The molecule has 0 aliphatic rings. The van der Waals surface area contributed by atoms with E-state index in [0.29, 0.717) is 0 Å². The third-order valence-electron chi connectivity index (χ3n) is 3.08. The predicted molar refractivity (Wildman–Crippen MR) is 82.4 cm³/mol. The zero-order valence-electron chi connectivity index (χ0n) is 11.0. The van der Waals surface area contributed by atoms with E-state index in [1.165, 1.54) is 12.1 Å². The Hall–Kier alpha value is -1.55. The van der Waals surface area contributed by atoms with Crippen LogP contribution in [-0.2, 0) is 0 Å². The van der Waals surface area contributed by atoms with Crippen LogP contribution in [0, 0.1) is 12.7 Å². The Labute approximate surface area is 121 Å². The van der Waals surface area contributed by atoms with Crippen LogP contribution in [0.25, 0.3) is 0 Å². The minimum absolute atomic E-state index is 0.229. The molecule has 2 aromatic carbocycles. The van der Waals surface area contributed by atoms with Gasteiger partial charge in [-0.25, -0.2) is 4.39 Å². The Morgan fingerprint density at radius 3 is 2.42 bits per heavy atom. The fourth-order valence-electron chi connectivity index (χ4n) is 2.00. The number of benzene rings is 2. The Bertz CT molecular complexity index is 581. The average Bonchev–Trinajstić information content (AvgIpc) is 2.38. The molecule has 2 N–H and O–H groups in total. The number of hydrogen-bond donors (Lipinski definition) is 1. The number of hydrogen-bond acceptors (Lipinski definition) is 2. The highest BCUT2D eigenvalue weighted by atomic mass is 79.9. The van der Waals surface area contributed by atoms with Gasteiger partial charge in [-0.2, -0.15) is 0 Å². The summed E-state index contributed by atoms with van der Waals surface area (Å²) in [6.07, 6.45) is 0. The average molecular weight is 323 g/mol. The van der Waals surface area contributed by atoms with Crippen molar-refractivity contribution in [2.45, 2.75) is 13.8 Å². The van der Waals surface area contributed by atoms with Crippen molar-refractivity contribution in [1.29, 1.82) is 0 Å². The van der Waals surface area contributed by atoms with Crippen molar-refractivity contribution in [3.05, 3.63) is 52.3 Å². The van der Waals surface area contributed by atoms with E-state index in [-0.39, 0.29) is 5.82 Å². The van der Waals surface area contributed by atoms with Gasteiger partial charge in [0.15, 0.2) is 0 Å². The summed E-state index contributed by atoms with van der Waals surface area (Å²) in [6.45, 7) is 4.82. The quantitative estimate of drug-likeness (QED) is 0.834. The van der Waals surface area contributed by atoms with Gasteiger partial charge in [-0.3, -0.25) is 0 Å². The lowest BCUT2D eigenvalue weighted by atomic mass is 10.1. The van der Waals surface area contributed by atoms with Crippen molar-refractivity contribution in [3.8, 4) is 0 Å². The molecule has 0 spiro atoms. The molecule has 2 rings (SSSR count). The Morgan fingerprint density at radius 2 is 1.84 bits per heavy atom. The van der Waals surface area contributed by atoms with Gasteiger partial charge in [0.25, 0.3) is 0 Å². The molecule has 100 valence electrons. The second-order valence-corrected chi connectivity index (χ2v) is 5.24. The normalized spacial score (nSPS) is 10.5. The lowest BCUT2D eigenvalue weighted by molar-refractivity contribution is 0.628. The van der Waals surface area contributed by atoms with E-state index >= 15 is 0 Å². The van der Waals surface area contributed by atoms with Crippen molar-refractivity contribution in [2.24, 2.45) is 0 Å². The summed E-state index contributed by atoms with van der Waals surface area (Å²) in [4.78, 5) is 2.11. The molecular formula is C15H16BrFN2. The predicted octanol–water partition coefficient (Wildman–Crippen LogP) is 4.64. The van der Waals surface area contributed by atoms with Crippen LogP contribution in [0.15, 0.2) is 40.9 Å². The molecule has 0 saturated carbocycles. The van der Waals surface area contributed by atoms with Gasteiger partial charge in [0.05, 0.1) is 5.69 Å². The zero-order valence-corrected chi connectivity index (χ0v) is 12.5. The highest BCUT2D eigenvalue weighted by Crippen LogP contribution is 2.35. The molecule has 0 aliphatic heterocycles. The standard InChI is InChI=1S/C15H16BrFN2/c1-3-19(12-6-4-11(17)5-7-12)15-8-10(2)14(18)9-13(15)16/h4-9H,3,18H2,1-2H3. The van der Waals surface area contributed by atoms with Crippen LogP contribution in [0.4, 0.5) is 21.5 Å². The fraction of sp³-hybridized carbons (Fsp3) is 0.200. The number of halogens is 2. The van der Waals surface area contributed by atoms with Crippen molar-refractivity contribution >= 4 is 33.0 Å². The topological polar surface area (TPSA) is 29.3 Å². The molecule has 0 unspecified atom stereocenters. The molecule has 0 saturated heterocycles. The van der Waals surface area contributed by atoms with Crippen molar-refractivity contribution < 1.29 is 4.39 Å². The molecule has 0 aromatic heterocycles. The van der Waals surface area contributed by atoms with E-state index in [2.05, 4.69) is 27.8 Å². The van der Waals surface area contributed by atoms with Crippen molar-refractivity contribution in [2.75, 3.05) is 17.2 Å². The van der Waals surface area contributed by atoms with Crippen molar-refractivity contribution in [1.82, 2.24) is 0 Å². The highest BCUT2D eigenvalue weighted by Gasteiger charge is 2.12. The summed E-state index contributed by atoms with van der Waals surface area (Å²) in [7, 11) is 0. The summed E-state index contributed by atoms with van der Waals surface area (Å²) in [6, 6.07) is 10.4. The zero-order chi connectivity index (χ0) is 14.0. The van der Waals surface area contributed by atoms with Crippen molar-refractivity contribution in [3.63, 3.8) is 0 Å². The van der Waals surface area contributed by atoms with Gasteiger partial charge in [0.2, 0.25) is 0 Å². The summed E-state index contributed by atoms with van der Waals surface area (Å²) in [5, 5.41) is 0. The van der Waals surface area contributed by atoms with Crippen LogP contribution in [0.2, 0.25) is 0 Å². The Kier molecular flexibility index (Phi) is 4.10. The minimum Gasteiger partial charge on any atom is -0.398 e. The molecule has 0 amide bonds. The third-order valence-corrected chi connectivity index (χ3v) is 3.72. The maximum absolute atomic E-state index is 13.0. The lowest BCUT2D eigenvalue weighted by Gasteiger charge is -2.25. The molecule has 2 nitrogen and oxygen atoms in total. The van der Waals surface area contributed by atoms with Crippen LogP contribution in [0.3, 0.4) is 0 Å². The molecule has 0 atom stereocenters. The van der Waals surface area contributed by atoms with Gasteiger partial charge in [-0.15, -0.1) is 0 Å². The van der Waals surface area contributed by atoms with E-state index in [1.807, 2.05) is 19.1 Å². The van der Waals surface area contributed by atoms with Gasteiger partial charge in [-0.1, -0.05) is 0 Å². The van der Waals surface area contributed by atoms with E-state index in [9.17, 15) is 4.39 Å². The van der Waals surface area contributed by atoms with E-state index in [4.69, 9.17) is 5.73 Å². The van der Waals surface area contributed by atoms with Gasteiger partial charge >= 0.3 is 0 Å². The summed E-state index contributed by atoms with van der Waals surface area (Å²) in [5.41, 5.74) is 9.65. The lowest BCUT2D eigenvalue weighted by Crippen LogP contribution is -2.16. The van der Waals surface area contributed by atoms with Crippen LogP contribution in [0.1, 0.15) is 12.5 Å². The highest BCUT2D eigenvalue weighted by molar-refractivity contribution is 9.10.